The average Bonchev–Trinajstić information content (AvgIpc) is 3.77. The highest BCUT2D eigenvalue weighted by molar-refractivity contribution is 6.04. The number of nitrogens with zero attached hydrogens (tertiary/aromatic N) is 1. The highest BCUT2D eigenvalue weighted by Gasteiger charge is 2.33. The van der Waals surface area contributed by atoms with Crippen molar-refractivity contribution in [1.82, 2.24) is 10.2 Å². The van der Waals surface area contributed by atoms with Gasteiger partial charge in [0.1, 0.15) is 5.75 Å². The standard InChI is InChI=1S/C29H28N4O4/c34-27-17-37-26-14-21(6-10-25(26)32-27)29(36)33(24-8-9-24)16-18-1-3-19(4-2-18)28(35)31-23-7-5-22-15-30-12-11-20(22)13-23/h1-7,10,13-14,24,30H,8-9,11-12,15-17H2,(H,31,35)(H,32,34). The van der Waals surface area contributed by atoms with Gasteiger partial charge in [-0.1, -0.05) is 18.2 Å². The Labute approximate surface area is 215 Å². The Morgan fingerprint density at radius 1 is 0.973 bits per heavy atom. The highest BCUT2D eigenvalue weighted by atomic mass is 16.5. The van der Waals surface area contributed by atoms with Crippen molar-refractivity contribution < 1.29 is 19.1 Å². The van der Waals surface area contributed by atoms with Crippen LogP contribution >= 0.6 is 0 Å². The number of amides is 3. The molecule has 1 fully saturated rings. The van der Waals surface area contributed by atoms with E-state index in [-0.39, 0.29) is 30.4 Å². The van der Waals surface area contributed by atoms with E-state index in [2.05, 4.69) is 28.1 Å². The average molecular weight is 497 g/mol. The van der Waals surface area contributed by atoms with Crippen molar-refractivity contribution in [3.8, 4) is 5.75 Å². The molecule has 0 bridgehead atoms. The van der Waals surface area contributed by atoms with Gasteiger partial charge in [-0.3, -0.25) is 14.4 Å². The molecule has 1 aliphatic carbocycles. The van der Waals surface area contributed by atoms with Crippen LogP contribution in [0.1, 0.15) is 50.2 Å². The maximum absolute atomic E-state index is 13.4. The number of rotatable bonds is 6. The molecule has 3 amide bonds. The van der Waals surface area contributed by atoms with Crippen molar-refractivity contribution in [2.45, 2.75) is 38.4 Å². The van der Waals surface area contributed by atoms with Crippen molar-refractivity contribution >= 4 is 29.1 Å². The number of anilines is 2. The Balaban J connectivity index is 1.13. The van der Waals surface area contributed by atoms with Gasteiger partial charge < -0.3 is 25.6 Å². The van der Waals surface area contributed by atoms with Crippen LogP contribution in [0.5, 0.6) is 5.75 Å². The Hall–Kier alpha value is -4.17. The van der Waals surface area contributed by atoms with Crippen LogP contribution in [-0.4, -0.2) is 41.8 Å². The molecule has 0 atom stereocenters. The summed E-state index contributed by atoms with van der Waals surface area (Å²) in [4.78, 5) is 39.6. The molecule has 0 spiro atoms. The fourth-order valence-corrected chi connectivity index (χ4v) is 4.84. The number of carbonyl (C=O) groups is 3. The van der Waals surface area contributed by atoms with Gasteiger partial charge in [-0.15, -0.1) is 0 Å². The van der Waals surface area contributed by atoms with E-state index in [1.807, 2.05) is 23.1 Å². The summed E-state index contributed by atoms with van der Waals surface area (Å²) >= 11 is 0. The van der Waals surface area contributed by atoms with E-state index >= 15 is 0 Å². The summed E-state index contributed by atoms with van der Waals surface area (Å²) in [7, 11) is 0. The monoisotopic (exact) mass is 496 g/mol. The maximum Gasteiger partial charge on any atom is 0.262 e. The molecular formula is C29H28N4O4. The summed E-state index contributed by atoms with van der Waals surface area (Å²) in [5, 5.41) is 9.11. The van der Waals surface area contributed by atoms with Crippen LogP contribution in [0.4, 0.5) is 11.4 Å². The van der Waals surface area contributed by atoms with Crippen molar-refractivity contribution in [2.75, 3.05) is 23.8 Å². The summed E-state index contributed by atoms with van der Waals surface area (Å²) in [6, 6.07) is 18.8. The summed E-state index contributed by atoms with van der Waals surface area (Å²) in [6.07, 6.45) is 2.90. The molecule has 0 unspecified atom stereocenters. The lowest BCUT2D eigenvalue weighted by atomic mass is 10.0. The summed E-state index contributed by atoms with van der Waals surface area (Å²) in [5.41, 5.74) is 5.98. The highest BCUT2D eigenvalue weighted by Crippen LogP contribution is 2.33. The molecule has 0 radical (unpaired) electrons. The van der Waals surface area contributed by atoms with Crippen molar-refractivity contribution in [2.24, 2.45) is 0 Å². The van der Waals surface area contributed by atoms with Crippen LogP contribution < -0.4 is 20.7 Å². The van der Waals surface area contributed by atoms with E-state index in [4.69, 9.17) is 4.74 Å². The fourth-order valence-electron chi connectivity index (χ4n) is 4.84. The molecule has 6 rings (SSSR count). The molecule has 3 aliphatic rings. The SMILES string of the molecule is O=C1COc2cc(C(=O)N(Cc3ccc(C(=O)Nc4ccc5c(c4)CCNC5)cc3)C3CC3)ccc2N1. The van der Waals surface area contributed by atoms with Gasteiger partial charge in [0, 0.05) is 35.9 Å². The molecule has 1 saturated carbocycles. The first-order valence-corrected chi connectivity index (χ1v) is 12.6. The van der Waals surface area contributed by atoms with E-state index in [9.17, 15) is 14.4 Å². The van der Waals surface area contributed by atoms with Gasteiger partial charge in [0.25, 0.3) is 17.7 Å². The lowest BCUT2D eigenvalue weighted by Crippen LogP contribution is -2.33. The molecule has 2 heterocycles. The van der Waals surface area contributed by atoms with Crippen LogP contribution in [0, 0.1) is 0 Å². The molecule has 3 aromatic rings. The van der Waals surface area contributed by atoms with Gasteiger partial charge >= 0.3 is 0 Å². The lowest BCUT2D eigenvalue weighted by molar-refractivity contribution is -0.118. The Kier molecular flexibility index (Phi) is 6.10. The molecule has 3 aromatic carbocycles. The zero-order valence-electron chi connectivity index (χ0n) is 20.4. The third-order valence-electron chi connectivity index (χ3n) is 7.03. The minimum Gasteiger partial charge on any atom is -0.482 e. The molecule has 8 nitrogen and oxygen atoms in total. The number of ether oxygens (including phenoxy) is 1. The van der Waals surface area contributed by atoms with Crippen LogP contribution in [-0.2, 0) is 24.3 Å². The maximum atomic E-state index is 13.4. The van der Waals surface area contributed by atoms with Gasteiger partial charge in [0.05, 0.1) is 5.69 Å². The number of nitrogens with one attached hydrogen (secondary N) is 3. The molecule has 3 N–H and O–H groups in total. The zero-order chi connectivity index (χ0) is 25.4. The molecule has 2 aliphatic heterocycles. The normalized spacial score (nSPS) is 16.1. The smallest absolute Gasteiger partial charge is 0.262 e. The van der Waals surface area contributed by atoms with Crippen LogP contribution in [0.15, 0.2) is 60.7 Å². The van der Waals surface area contributed by atoms with E-state index in [1.54, 1.807) is 30.3 Å². The van der Waals surface area contributed by atoms with Gasteiger partial charge in [-0.2, -0.15) is 0 Å². The second-order valence-electron chi connectivity index (χ2n) is 9.77. The predicted molar refractivity (Wildman–Crippen MR) is 140 cm³/mol. The second-order valence-corrected chi connectivity index (χ2v) is 9.77. The first kappa shape index (κ1) is 23.2. The first-order chi connectivity index (χ1) is 18.0. The molecular weight excluding hydrogens is 468 g/mol. The Bertz CT molecular complexity index is 1380. The number of fused-ring (bicyclic) bond motifs is 2. The van der Waals surface area contributed by atoms with Gasteiger partial charge in [0.15, 0.2) is 6.61 Å². The largest absolute Gasteiger partial charge is 0.482 e. The third kappa shape index (κ3) is 5.06. The number of hydrogen-bond acceptors (Lipinski definition) is 5. The molecule has 0 saturated heterocycles. The second kappa shape index (κ2) is 9.71. The van der Waals surface area contributed by atoms with Crippen LogP contribution in [0.3, 0.4) is 0 Å². The van der Waals surface area contributed by atoms with Gasteiger partial charge in [0.2, 0.25) is 0 Å². The first-order valence-electron chi connectivity index (χ1n) is 12.6. The molecule has 8 heteroatoms. The minimum atomic E-state index is -0.205. The Morgan fingerprint density at radius 2 is 1.78 bits per heavy atom. The van der Waals surface area contributed by atoms with Crippen molar-refractivity contribution in [3.05, 3.63) is 88.5 Å². The van der Waals surface area contributed by atoms with E-state index in [0.29, 0.717) is 29.1 Å². The molecule has 188 valence electrons. The predicted octanol–water partition coefficient (Wildman–Crippen LogP) is 3.72. The summed E-state index contributed by atoms with van der Waals surface area (Å²) in [6.45, 7) is 2.22. The van der Waals surface area contributed by atoms with E-state index in [1.165, 1.54) is 11.1 Å². The van der Waals surface area contributed by atoms with Crippen molar-refractivity contribution in [3.63, 3.8) is 0 Å². The topological polar surface area (TPSA) is 99.8 Å². The number of benzene rings is 3. The van der Waals surface area contributed by atoms with Crippen molar-refractivity contribution in [1.29, 1.82) is 0 Å². The Morgan fingerprint density at radius 3 is 2.59 bits per heavy atom. The molecule has 37 heavy (non-hydrogen) atoms. The quantitative estimate of drug-likeness (QED) is 0.483. The summed E-state index contributed by atoms with van der Waals surface area (Å²) in [5.74, 6) is 0.0719. The van der Waals surface area contributed by atoms with Gasteiger partial charge in [-0.25, -0.2) is 0 Å². The fraction of sp³-hybridized carbons (Fsp3) is 0.276. The van der Waals surface area contributed by atoms with Crippen LogP contribution in [0.2, 0.25) is 0 Å². The zero-order valence-corrected chi connectivity index (χ0v) is 20.4. The molecule has 0 aromatic heterocycles. The van der Waals surface area contributed by atoms with E-state index in [0.717, 1.165) is 43.6 Å². The lowest BCUT2D eigenvalue weighted by Gasteiger charge is -2.24. The van der Waals surface area contributed by atoms with Crippen LogP contribution in [0.25, 0.3) is 0 Å². The summed E-state index contributed by atoms with van der Waals surface area (Å²) < 4.78 is 5.48. The number of carbonyl (C=O) groups excluding carboxylic acids is 3. The van der Waals surface area contributed by atoms with E-state index < -0.39 is 0 Å². The minimum absolute atomic E-state index is 0.0547. The van der Waals surface area contributed by atoms with Gasteiger partial charge in [-0.05, 0) is 85.0 Å². The number of hydrogen-bond donors (Lipinski definition) is 3. The third-order valence-corrected chi connectivity index (χ3v) is 7.03.